The summed E-state index contributed by atoms with van der Waals surface area (Å²) in [5.41, 5.74) is -1.86. The monoisotopic (exact) mass is 285 g/mol. The van der Waals surface area contributed by atoms with Gasteiger partial charge in [-0.25, -0.2) is 0 Å². The molecule has 0 amide bonds. The van der Waals surface area contributed by atoms with Crippen molar-refractivity contribution >= 4 is 36.8 Å². The Hall–Kier alpha value is -0.300. The molecule has 0 aromatic heterocycles. The molecule has 0 radical (unpaired) electrons. The van der Waals surface area contributed by atoms with Crippen LogP contribution >= 0.6 is 25.0 Å². The number of carboxylic acid groups (broad SMARTS) is 1. The third-order valence-electron chi connectivity index (χ3n) is 2.03. The van der Waals surface area contributed by atoms with Gasteiger partial charge in [-0.15, -0.1) is 12.4 Å². The fourth-order valence-electron chi connectivity index (χ4n) is 1.60. The number of aliphatic hydroxyl groups is 1. The molecule has 7 heteroatoms. The molecule has 5 nitrogen and oxygen atoms in total. The van der Waals surface area contributed by atoms with Gasteiger partial charge in [-0.1, -0.05) is 0 Å². The fraction of sp³-hybridized carbons (Fsp3) is 0.800. The molecule has 0 aromatic carbocycles. The molecular weight excluding hydrogens is 266 g/mol. The normalized spacial score (nSPS) is 14.6. The smallest absolute Gasteiger partial charge is 0.177 e. The summed E-state index contributed by atoms with van der Waals surface area (Å²) < 4.78 is 0.294. The molecule has 0 aliphatic heterocycles. The molecule has 1 unspecified atom stereocenters. The lowest BCUT2D eigenvalue weighted by atomic mass is 9.91. The summed E-state index contributed by atoms with van der Waals surface area (Å²) in [4.78, 5) is 22.2. The Kier molecular flexibility index (Phi) is 8.07. The highest BCUT2D eigenvalue weighted by molar-refractivity contribution is 7.80. The van der Waals surface area contributed by atoms with Crippen molar-refractivity contribution in [2.45, 2.75) is 18.4 Å². The SMILES string of the molecule is C[N+](C)(C)CC(O)(CC(=O)[O-])C(=O)CCS.Cl. The number of Topliss-reactive ketones (excluding diaryl/α,β-unsaturated/α-hetero) is 1. The van der Waals surface area contributed by atoms with Crippen LogP contribution in [0, 0.1) is 0 Å². The lowest BCUT2D eigenvalue weighted by Crippen LogP contribution is -2.56. The summed E-state index contributed by atoms with van der Waals surface area (Å²) in [6.45, 7) is 0.0353. The fourth-order valence-corrected chi connectivity index (χ4v) is 1.80. The number of quaternary nitrogens is 1. The molecule has 0 saturated carbocycles. The van der Waals surface area contributed by atoms with Crippen LogP contribution in [0.3, 0.4) is 0 Å². The number of carbonyl (C=O) groups excluding carboxylic acids is 2. The number of ketones is 1. The summed E-state index contributed by atoms with van der Waals surface area (Å²) in [7, 11) is 5.32. The van der Waals surface area contributed by atoms with Gasteiger partial charge in [0.2, 0.25) is 0 Å². The summed E-state index contributed by atoms with van der Waals surface area (Å²) in [6.07, 6.45) is -0.623. The Morgan fingerprint density at radius 1 is 1.35 bits per heavy atom. The predicted octanol–water partition coefficient (Wildman–Crippen LogP) is -1.13. The molecule has 0 aromatic rings. The first kappa shape index (κ1) is 19.0. The van der Waals surface area contributed by atoms with Gasteiger partial charge >= 0.3 is 0 Å². The molecule has 0 heterocycles. The number of hydrogen-bond acceptors (Lipinski definition) is 5. The van der Waals surface area contributed by atoms with E-state index in [1.165, 1.54) is 0 Å². The minimum atomic E-state index is -1.86. The maximum atomic E-state index is 11.7. The first-order chi connectivity index (χ1) is 7.10. The van der Waals surface area contributed by atoms with Crippen LogP contribution in [0.2, 0.25) is 0 Å². The second kappa shape index (κ2) is 7.20. The molecule has 1 N–H and O–H groups in total. The molecule has 0 saturated heterocycles. The van der Waals surface area contributed by atoms with Crippen molar-refractivity contribution in [3.05, 3.63) is 0 Å². The summed E-state index contributed by atoms with van der Waals surface area (Å²) in [5.74, 6) is -1.64. The number of likely N-dealkylation sites (N-methyl/N-ethyl adjacent to an activating group) is 1. The quantitative estimate of drug-likeness (QED) is 0.459. The van der Waals surface area contributed by atoms with E-state index >= 15 is 0 Å². The largest absolute Gasteiger partial charge is 0.550 e. The van der Waals surface area contributed by atoms with Gasteiger partial charge < -0.3 is 19.5 Å². The van der Waals surface area contributed by atoms with Crippen molar-refractivity contribution in [1.82, 2.24) is 0 Å². The van der Waals surface area contributed by atoms with Crippen LogP contribution in [0.15, 0.2) is 0 Å². The Balaban J connectivity index is 0. The first-order valence-corrected chi connectivity index (χ1v) is 5.61. The van der Waals surface area contributed by atoms with Crippen LogP contribution in [0.5, 0.6) is 0 Å². The van der Waals surface area contributed by atoms with Crippen molar-refractivity contribution < 1.29 is 24.3 Å². The van der Waals surface area contributed by atoms with Gasteiger partial charge in [-0.3, -0.25) is 4.79 Å². The van der Waals surface area contributed by atoms with Crippen LogP contribution < -0.4 is 5.11 Å². The molecule has 17 heavy (non-hydrogen) atoms. The van der Waals surface area contributed by atoms with E-state index in [1.54, 1.807) is 21.1 Å². The standard InChI is InChI=1S/C10H19NO4S.ClH/c1-11(2,3)7-10(15,6-9(13)14)8(12)4-5-16;/h15H,4-7H2,1-3H3,(H-,13,14,16);1H. The molecule has 0 aliphatic rings. The van der Waals surface area contributed by atoms with Crippen LogP contribution in [0.25, 0.3) is 0 Å². The van der Waals surface area contributed by atoms with Gasteiger partial charge in [0.15, 0.2) is 11.4 Å². The van der Waals surface area contributed by atoms with Gasteiger partial charge in [0.25, 0.3) is 0 Å². The molecule has 0 spiro atoms. The van der Waals surface area contributed by atoms with Gasteiger partial charge in [0.1, 0.15) is 6.54 Å². The highest BCUT2D eigenvalue weighted by Gasteiger charge is 2.40. The van der Waals surface area contributed by atoms with Crippen LogP contribution in [0.4, 0.5) is 0 Å². The second-order valence-electron chi connectivity index (χ2n) is 4.93. The van der Waals surface area contributed by atoms with E-state index in [4.69, 9.17) is 0 Å². The van der Waals surface area contributed by atoms with Crippen molar-refractivity contribution in [2.24, 2.45) is 0 Å². The van der Waals surface area contributed by atoms with Gasteiger partial charge in [-0.05, 0) is 5.75 Å². The van der Waals surface area contributed by atoms with Gasteiger partial charge in [0.05, 0.1) is 21.1 Å². The van der Waals surface area contributed by atoms with Crippen LogP contribution in [-0.2, 0) is 9.59 Å². The lowest BCUT2D eigenvalue weighted by Gasteiger charge is -2.34. The molecule has 102 valence electrons. The average Bonchev–Trinajstić information content (AvgIpc) is 1.98. The Bertz CT molecular complexity index is 280. The maximum Gasteiger partial charge on any atom is 0.177 e. The number of hydrogen-bond donors (Lipinski definition) is 2. The Morgan fingerprint density at radius 3 is 2.12 bits per heavy atom. The summed E-state index contributed by atoms with van der Waals surface area (Å²) in [5, 5.41) is 20.7. The van der Waals surface area contributed by atoms with Crippen molar-refractivity contribution in [1.29, 1.82) is 0 Å². The number of thiol groups is 1. The molecule has 0 fully saturated rings. The number of halogens is 1. The molecule has 0 bridgehead atoms. The average molecular weight is 286 g/mol. The minimum absolute atomic E-state index is 0. The zero-order valence-electron chi connectivity index (χ0n) is 10.3. The van der Waals surface area contributed by atoms with E-state index in [-0.39, 0.29) is 31.1 Å². The zero-order chi connectivity index (χ0) is 13.0. The van der Waals surface area contributed by atoms with Crippen molar-refractivity contribution in [3.63, 3.8) is 0 Å². The number of nitrogens with zero attached hydrogens (tertiary/aromatic N) is 1. The third kappa shape index (κ3) is 7.59. The first-order valence-electron chi connectivity index (χ1n) is 4.97. The highest BCUT2D eigenvalue weighted by Crippen LogP contribution is 2.17. The third-order valence-corrected chi connectivity index (χ3v) is 2.25. The number of rotatable bonds is 7. The van der Waals surface area contributed by atoms with E-state index in [1.807, 2.05) is 0 Å². The highest BCUT2D eigenvalue weighted by atomic mass is 35.5. The van der Waals surface area contributed by atoms with E-state index in [9.17, 15) is 19.8 Å². The number of aliphatic carboxylic acids is 1. The number of carboxylic acids is 1. The predicted molar refractivity (Wildman–Crippen MR) is 68.2 cm³/mol. The van der Waals surface area contributed by atoms with Gasteiger partial charge in [-0.2, -0.15) is 12.6 Å². The molecular formula is C10H20ClNO4S. The van der Waals surface area contributed by atoms with E-state index in [0.717, 1.165) is 0 Å². The van der Waals surface area contributed by atoms with Crippen molar-refractivity contribution in [3.8, 4) is 0 Å². The lowest BCUT2D eigenvalue weighted by molar-refractivity contribution is -0.875. The number of carbonyl (C=O) groups is 2. The van der Waals surface area contributed by atoms with Crippen LogP contribution in [0.1, 0.15) is 12.8 Å². The van der Waals surface area contributed by atoms with E-state index in [2.05, 4.69) is 12.6 Å². The minimum Gasteiger partial charge on any atom is -0.550 e. The van der Waals surface area contributed by atoms with Crippen LogP contribution in [-0.4, -0.2) is 60.4 Å². The summed E-state index contributed by atoms with van der Waals surface area (Å²) in [6, 6.07) is 0. The van der Waals surface area contributed by atoms with Gasteiger partial charge in [0, 0.05) is 18.8 Å². The maximum absolute atomic E-state index is 11.7. The summed E-state index contributed by atoms with van der Waals surface area (Å²) >= 11 is 3.89. The topological polar surface area (TPSA) is 77.4 Å². The molecule has 1 atom stereocenters. The van der Waals surface area contributed by atoms with Crippen molar-refractivity contribution in [2.75, 3.05) is 33.4 Å². The zero-order valence-corrected chi connectivity index (χ0v) is 12.0. The Labute approximate surface area is 113 Å². The molecule has 0 rings (SSSR count). The molecule has 0 aliphatic carbocycles. The van der Waals surface area contributed by atoms with E-state index < -0.39 is 23.8 Å². The Morgan fingerprint density at radius 2 is 1.82 bits per heavy atom. The second-order valence-corrected chi connectivity index (χ2v) is 5.37. The van der Waals surface area contributed by atoms with E-state index in [0.29, 0.717) is 4.48 Å².